The lowest BCUT2D eigenvalue weighted by molar-refractivity contribution is 0.410. The van der Waals surface area contributed by atoms with Gasteiger partial charge in [0, 0.05) is 18.3 Å². The molecular formula is C21H19N5O4. The van der Waals surface area contributed by atoms with Crippen molar-refractivity contribution in [3.05, 3.63) is 81.1 Å². The molecule has 2 heterocycles. The fraction of sp³-hybridized carbons (Fsp3) is 0.143. The first-order valence-electron chi connectivity index (χ1n) is 9.13. The van der Waals surface area contributed by atoms with Crippen LogP contribution >= 0.6 is 0 Å². The molecule has 9 heteroatoms. The number of para-hydroxylation sites is 1. The van der Waals surface area contributed by atoms with Crippen LogP contribution in [0.2, 0.25) is 0 Å². The zero-order valence-electron chi connectivity index (χ0n) is 16.4. The number of nitrogens with one attached hydrogen (secondary N) is 2. The predicted octanol–water partition coefficient (Wildman–Crippen LogP) is 2.10. The number of anilines is 1. The van der Waals surface area contributed by atoms with Crippen molar-refractivity contribution in [1.82, 2.24) is 19.5 Å². The number of hydrogen-bond donors (Lipinski definition) is 2. The Morgan fingerprint density at radius 2 is 1.80 bits per heavy atom. The number of nitrogens with zero attached hydrogens (tertiary/aromatic N) is 3. The molecule has 0 unspecified atom stereocenters. The molecule has 9 nitrogen and oxygen atoms in total. The average molecular weight is 405 g/mol. The van der Waals surface area contributed by atoms with Crippen LogP contribution in [0, 0.1) is 0 Å². The number of aromatic amines is 1. The Morgan fingerprint density at radius 1 is 1.03 bits per heavy atom. The van der Waals surface area contributed by atoms with Gasteiger partial charge in [0.25, 0.3) is 5.56 Å². The maximum absolute atomic E-state index is 12.9. The minimum atomic E-state index is -0.591. The molecule has 0 radical (unpaired) electrons. The third-order valence-corrected chi connectivity index (χ3v) is 4.61. The highest BCUT2D eigenvalue weighted by Crippen LogP contribution is 2.18. The summed E-state index contributed by atoms with van der Waals surface area (Å²) in [5.41, 5.74) is 0.406. The maximum Gasteiger partial charge on any atom is 0.334 e. The molecule has 30 heavy (non-hydrogen) atoms. The van der Waals surface area contributed by atoms with Crippen molar-refractivity contribution in [2.24, 2.45) is 0 Å². The number of H-pyrrole nitrogens is 1. The molecule has 0 atom stereocenters. The van der Waals surface area contributed by atoms with Crippen LogP contribution in [0.5, 0.6) is 11.5 Å². The van der Waals surface area contributed by atoms with Crippen LogP contribution in [0.1, 0.15) is 5.56 Å². The van der Waals surface area contributed by atoms with E-state index in [0.29, 0.717) is 18.0 Å². The van der Waals surface area contributed by atoms with Gasteiger partial charge in [0.05, 0.1) is 19.9 Å². The molecular weight excluding hydrogens is 386 g/mol. The highest BCUT2D eigenvalue weighted by molar-refractivity contribution is 5.73. The van der Waals surface area contributed by atoms with Crippen molar-refractivity contribution in [2.75, 3.05) is 19.5 Å². The first kappa shape index (κ1) is 19.2. The molecule has 0 bridgehead atoms. The Labute approximate surface area is 171 Å². The molecule has 2 aromatic carbocycles. The Morgan fingerprint density at radius 3 is 2.53 bits per heavy atom. The average Bonchev–Trinajstić information content (AvgIpc) is 2.78. The molecule has 152 valence electrons. The normalized spacial score (nSPS) is 10.7. The van der Waals surface area contributed by atoms with E-state index >= 15 is 0 Å². The number of hydrogen-bond acceptors (Lipinski definition) is 7. The molecule has 0 aliphatic carbocycles. The number of fused-ring (bicyclic) bond motifs is 1. The molecule has 2 aromatic heterocycles. The van der Waals surface area contributed by atoms with Crippen LogP contribution in [0.3, 0.4) is 0 Å². The first-order valence-corrected chi connectivity index (χ1v) is 9.13. The summed E-state index contributed by atoms with van der Waals surface area (Å²) in [6.45, 7) is 0.419. The lowest BCUT2D eigenvalue weighted by Crippen LogP contribution is -2.34. The topological polar surface area (TPSA) is 111 Å². The van der Waals surface area contributed by atoms with E-state index in [1.54, 1.807) is 38.5 Å². The van der Waals surface area contributed by atoms with Crippen molar-refractivity contribution < 1.29 is 9.47 Å². The zero-order chi connectivity index (χ0) is 21.1. The number of methoxy groups -OCH3 is 2. The van der Waals surface area contributed by atoms with Crippen molar-refractivity contribution >= 4 is 17.0 Å². The minimum absolute atomic E-state index is 0.160. The van der Waals surface area contributed by atoms with E-state index in [-0.39, 0.29) is 17.0 Å². The lowest BCUT2D eigenvalue weighted by atomic mass is 10.2. The zero-order valence-corrected chi connectivity index (χ0v) is 16.4. The quantitative estimate of drug-likeness (QED) is 0.505. The molecule has 0 fully saturated rings. The molecule has 4 rings (SSSR count). The molecule has 0 amide bonds. The van der Waals surface area contributed by atoms with Gasteiger partial charge in [-0.25, -0.2) is 14.3 Å². The first-order chi connectivity index (χ1) is 14.6. The smallest absolute Gasteiger partial charge is 0.334 e. The highest BCUT2D eigenvalue weighted by Gasteiger charge is 2.12. The summed E-state index contributed by atoms with van der Waals surface area (Å²) in [6.07, 6.45) is 1.39. The van der Waals surface area contributed by atoms with E-state index in [1.807, 2.05) is 24.3 Å². The Balaban J connectivity index is 1.67. The van der Waals surface area contributed by atoms with Gasteiger partial charge < -0.3 is 14.8 Å². The summed E-state index contributed by atoms with van der Waals surface area (Å²) in [5, 5.41) is 3.28. The standard InChI is InChI=1S/C21H19N5O4/c1-29-15-9-7-14(8-10-15)26-19(27)16-12-23-20(24-18(16)25-21(26)28)22-11-13-5-3-4-6-17(13)30-2/h3-10,12H,11H2,1-2H3,(H2,22,23,24,25,28). The maximum atomic E-state index is 12.9. The van der Waals surface area contributed by atoms with Gasteiger partial charge in [-0.05, 0) is 30.3 Å². The van der Waals surface area contributed by atoms with Crippen LogP contribution < -0.4 is 26.0 Å². The number of aromatic nitrogens is 4. The van der Waals surface area contributed by atoms with Gasteiger partial charge in [0.1, 0.15) is 16.9 Å². The van der Waals surface area contributed by atoms with Crippen LogP contribution in [0.15, 0.2) is 64.3 Å². The molecule has 0 aliphatic rings. The van der Waals surface area contributed by atoms with Crippen molar-refractivity contribution in [3.8, 4) is 17.2 Å². The van der Waals surface area contributed by atoms with Gasteiger partial charge in [0.2, 0.25) is 5.95 Å². The molecule has 0 saturated heterocycles. The van der Waals surface area contributed by atoms with Crippen molar-refractivity contribution in [1.29, 1.82) is 0 Å². The molecule has 4 aromatic rings. The summed E-state index contributed by atoms with van der Waals surface area (Å²) in [4.78, 5) is 36.6. The fourth-order valence-electron chi connectivity index (χ4n) is 3.08. The van der Waals surface area contributed by atoms with E-state index in [9.17, 15) is 9.59 Å². The second-order valence-corrected chi connectivity index (χ2v) is 6.39. The number of benzene rings is 2. The number of rotatable bonds is 6. The van der Waals surface area contributed by atoms with Gasteiger partial charge in [-0.15, -0.1) is 0 Å². The fourth-order valence-corrected chi connectivity index (χ4v) is 3.08. The lowest BCUT2D eigenvalue weighted by Gasteiger charge is -2.10. The van der Waals surface area contributed by atoms with Gasteiger partial charge in [-0.2, -0.15) is 4.98 Å². The van der Waals surface area contributed by atoms with Gasteiger partial charge >= 0.3 is 5.69 Å². The largest absolute Gasteiger partial charge is 0.497 e. The van der Waals surface area contributed by atoms with E-state index in [2.05, 4.69) is 20.3 Å². The Hall–Kier alpha value is -4.14. The van der Waals surface area contributed by atoms with Crippen LogP contribution in [-0.2, 0) is 6.54 Å². The molecule has 0 spiro atoms. The van der Waals surface area contributed by atoms with Gasteiger partial charge in [-0.3, -0.25) is 9.78 Å². The predicted molar refractivity (Wildman–Crippen MR) is 113 cm³/mol. The molecule has 0 saturated carbocycles. The number of ether oxygens (including phenoxy) is 2. The minimum Gasteiger partial charge on any atom is -0.497 e. The van der Waals surface area contributed by atoms with E-state index in [1.165, 1.54) is 6.20 Å². The van der Waals surface area contributed by atoms with Gasteiger partial charge in [0.15, 0.2) is 5.65 Å². The van der Waals surface area contributed by atoms with Crippen molar-refractivity contribution in [2.45, 2.75) is 6.54 Å². The Kier molecular flexibility index (Phi) is 5.17. The second kappa shape index (κ2) is 8.08. The van der Waals surface area contributed by atoms with Crippen LogP contribution in [0.4, 0.5) is 5.95 Å². The third kappa shape index (κ3) is 3.60. The second-order valence-electron chi connectivity index (χ2n) is 6.39. The van der Waals surface area contributed by atoms with E-state index in [0.717, 1.165) is 15.9 Å². The SMILES string of the molecule is COc1ccc(-n2c(=O)[nH]c3nc(NCc4ccccc4OC)ncc3c2=O)cc1. The summed E-state index contributed by atoms with van der Waals surface area (Å²) in [7, 11) is 3.14. The molecule has 2 N–H and O–H groups in total. The third-order valence-electron chi connectivity index (χ3n) is 4.61. The van der Waals surface area contributed by atoms with E-state index in [4.69, 9.17) is 9.47 Å². The Bertz CT molecular complexity index is 1310. The van der Waals surface area contributed by atoms with Crippen LogP contribution in [-0.4, -0.2) is 33.7 Å². The van der Waals surface area contributed by atoms with E-state index < -0.39 is 11.2 Å². The summed E-state index contributed by atoms with van der Waals surface area (Å²) in [5.74, 6) is 1.64. The van der Waals surface area contributed by atoms with Gasteiger partial charge in [-0.1, -0.05) is 18.2 Å². The summed E-state index contributed by atoms with van der Waals surface area (Å²) in [6, 6.07) is 14.2. The summed E-state index contributed by atoms with van der Waals surface area (Å²) < 4.78 is 11.5. The summed E-state index contributed by atoms with van der Waals surface area (Å²) >= 11 is 0. The monoisotopic (exact) mass is 405 g/mol. The highest BCUT2D eigenvalue weighted by atomic mass is 16.5. The molecule has 0 aliphatic heterocycles. The van der Waals surface area contributed by atoms with Crippen molar-refractivity contribution in [3.63, 3.8) is 0 Å². The van der Waals surface area contributed by atoms with Crippen LogP contribution in [0.25, 0.3) is 16.7 Å².